The van der Waals surface area contributed by atoms with Gasteiger partial charge in [0, 0.05) is 41.9 Å². The van der Waals surface area contributed by atoms with E-state index in [4.69, 9.17) is 0 Å². The Kier molecular flexibility index (Phi) is 7.00. The van der Waals surface area contributed by atoms with Gasteiger partial charge in [-0.15, -0.1) is 0 Å². The number of hydrogen-bond donors (Lipinski definition) is 0. The summed E-state index contributed by atoms with van der Waals surface area (Å²) in [5.74, 6) is 0. The van der Waals surface area contributed by atoms with Gasteiger partial charge in [0.15, 0.2) is 0 Å². The number of benzene rings is 1. The fourth-order valence-electron chi connectivity index (χ4n) is 1.51. The predicted molar refractivity (Wildman–Crippen MR) is 82.3 cm³/mol. The average Bonchev–Trinajstić information content (AvgIpc) is 2.35. The molecule has 1 rings (SSSR count). The molecule has 0 radical (unpaired) electrons. The van der Waals surface area contributed by atoms with Gasteiger partial charge in [0.1, 0.15) is 0 Å². The summed E-state index contributed by atoms with van der Waals surface area (Å²) in [4.78, 5) is 0. The summed E-state index contributed by atoms with van der Waals surface area (Å²) >= 11 is 5.30. The molecule has 0 spiro atoms. The van der Waals surface area contributed by atoms with Gasteiger partial charge in [-0.1, -0.05) is 36.7 Å². The number of anilines is 1. The summed E-state index contributed by atoms with van der Waals surface area (Å²) < 4.78 is 5.85. The maximum Gasteiger partial charge on any atom is 0.0482 e. The van der Waals surface area contributed by atoms with E-state index in [-0.39, 0.29) is 0 Å². The third-order valence-corrected chi connectivity index (χ3v) is 4.33. The highest BCUT2D eigenvalue weighted by molar-refractivity contribution is 9.10. The van der Waals surface area contributed by atoms with Crippen LogP contribution in [0.1, 0.15) is 27.2 Å². The van der Waals surface area contributed by atoms with E-state index in [2.05, 4.69) is 69.6 Å². The number of rotatable bonds is 7. The molecule has 0 aromatic heterocycles. The normalized spacial score (nSPS) is 10.9. The summed E-state index contributed by atoms with van der Waals surface area (Å²) in [6.07, 6.45) is 1.16. The molecule has 17 heavy (non-hydrogen) atoms. The zero-order chi connectivity index (χ0) is 12.7. The number of halogens is 1. The van der Waals surface area contributed by atoms with Crippen molar-refractivity contribution in [2.45, 2.75) is 27.2 Å². The first kappa shape index (κ1) is 14.9. The van der Waals surface area contributed by atoms with E-state index in [1.807, 2.05) is 12.1 Å². The quantitative estimate of drug-likeness (QED) is 0.680. The maximum absolute atomic E-state index is 3.48. The molecule has 1 aromatic carbocycles. The Bertz CT molecular complexity index is 312. The molecule has 0 saturated carbocycles. The first-order valence-corrected chi connectivity index (χ1v) is 7.69. The Labute approximate surface area is 118 Å². The topological polar surface area (TPSA) is 6.48 Å². The van der Waals surface area contributed by atoms with Gasteiger partial charge in [-0.05, 0) is 30.7 Å². The second kappa shape index (κ2) is 8.01. The average molecular weight is 317 g/mol. The molecule has 0 aliphatic carbocycles. The maximum atomic E-state index is 3.48. The van der Waals surface area contributed by atoms with Gasteiger partial charge in [-0.25, -0.2) is 4.31 Å². The second-order valence-corrected chi connectivity index (χ2v) is 5.81. The Morgan fingerprint density at radius 1 is 1.06 bits per heavy atom. The molecule has 4 heteroatoms. The molecule has 1 aromatic rings. The Hall–Kier alpha value is -0.190. The van der Waals surface area contributed by atoms with E-state index < -0.39 is 0 Å². The lowest BCUT2D eigenvalue weighted by atomic mass is 10.3. The van der Waals surface area contributed by atoms with Gasteiger partial charge in [0.05, 0.1) is 0 Å². The van der Waals surface area contributed by atoms with Crippen LogP contribution in [0.5, 0.6) is 0 Å². The van der Waals surface area contributed by atoms with Crippen LogP contribution in [0.25, 0.3) is 0 Å². The van der Waals surface area contributed by atoms with Gasteiger partial charge >= 0.3 is 0 Å². The Morgan fingerprint density at radius 3 is 2.12 bits per heavy atom. The summed E-state index contributed by atoms with van der Waals surface area (Å²) in [6.45, 7) is 9.82. The standard InChI is InChI=1S/C13H21BrN2S/c1-4-11-16(17-15(5-2)6-3)13-9-7-12(14)8-10-13/h7-10H,4-6,11H2,1-3H3. The van der Waals surface area contributed by atoms with E-state index in [1.54, 1.807) is 0 Å². The van der Waals surface area contributed by atoms with Crippen LogP contribution in [0.15, 0.2) is 28.7 Å². The van der Waals surface area contributed by atoms with Crippen molar-refractivity contribution in [2.75, 3.05) is 23.9 Å². The summed E-state index contributed by atoms with van der Waals surface area (Å²) in [6, 6.07) is 8.52. The van der Waals surface area contributed by atoms with Crippen LogP contribution in [0.2, 0.25) is 0 Å². The number of hydrogen-bond acceptors (Lipinski definition) is 3. The minimum atomic E-state index is 1.07. The molecule has 0 unspecified atom stereocenters. The first-order valence-electron chi connectivity index (χ1n) is 6.17. The molecule has 0 amide bonds. The molecule has 0 N–H and O–H groups in total. The van der Waals surface area contributed by atoms with Crippen molar-refractivity contribution in [3.8, 4) is 0 Å². The fraction of sp³-hybridized carbons (Fsp3) is 0.538. The van der Waals surface area contributed by atoms with Crippen LogP contribution < -0.4 is 4.31 Å². The van der Waals surface area contributed by atoms with Crippen molar-refractivity contribution in [2.24, 2.45) is 0 Å². The zero-order valence-electron chi connectivity index (χ0n) is 10.8. The van der Waals surface area contributed by atoms with E-state index >= 15 is 0 Å². The van der Waals surface area contributed by atoms with Gasteiger partial charge in [-0.2, -0.15) is 0 Å². The third kappa shape index (κ3) is 4.90. The molecule has 96 valence electrons. The molecule has 0 fully saturated rings. The molecule has 2 nitrogen and oxygen atoms in total. The number of nitrogens with zero attached hydrogens (tertiary/aromatic N) is 2. The second-order valence-electron chi connectivity index (χ2n) is 3.77. The highest BCUT2D eigenvalue weighted by Crippen LogP contribution is 2.26. The zero-order valence-corrected chi connectivity index (χ0v) is 13.2. The highest BCUT2D eigenvalue weighted by Gasteiger charge is 2.10. The smallest absolute Gasteiger partial charge is 0.0482 e. The van der Waals surface area contributed by atoms with Crippen LogP contribution in [0.3, 0.4) is 0 Å². The van der Waals surface area contributed by atoms with Crippen molar-refractivity contribution < 1.29 is 0 Å². The minimum Gasteiger partial charge on any atom is -0.303 e. The first-order chi connectivity index (χ1) is 8.21. The van der Waals surface area contributed by atoms with Gasteiger partial charge in [0.25, 0.3) is 0 Å². The molecular weight excluding hydrogens is 296 g/mol. The molecule has 0 atom stereocenters. The molecule has 0 saturated heterocycles. The lowest BCUT2D eigenvalue weighted by Gasteiger charge is -2.28. The highest BCUT2D eigenvalue weighted by atomic mass is 79.9. The summed E-state index contributed by atoms with van der Waals surface area (Å²) in [5.41, 5.74) is 1.27. The van der Waals surface area contributed by atoms with Crippen molar-refractivity contribution in [1.82, 2.24) is 4.31 Å². The van der Waals surface area contributed by atoms with Crippen LogP contribution in [-0.2, 0) is 0 Å². The molecule has 0 aliphatic heterocycles. The van der Waals surface area contributed by atoms with Crippen molar-refractivity contribution in [3.63, 3.8) is 0 Å². The third-order valence-electron chi connectivity index (χ3n) is 2.46. The lowest BCUT2D eigenvalue weighted by molar-refractivity contribution is 0.523. The molecule has 0 bridgehead atoms. The summed E-state index contributed by atoms with van der Waals surface area (Å²) in [7, 11) is 0. The Morgan fingerprint density at radius 2 is 1.65 bits per heavy atom. The fourth-order valence-corrected chi connectivity index (χ4v) is 2.76. The largest absolute Gasteiger partial charge is 0.303 e. The van der Waals surface area contributed by atoms with Gasteiger partial charge in [-0.3, -0.25) is 0 Å². The minimum absolute atomic E-state index is 1.07. The van der Waals surface area contributed by atoms with Crippen molar-refractivity contribution in [3.05, 3.63) is 28.7 Å². The van der Waals surface area contributed by atoms with E-state index in [0.717, 1.165) is 30.5 Å². The van der Waals surface area contributed by atoms with Crippen LogP contribution >= 0.6 is 28.1 Å². The SMILES string of the molecule is CCCN(SN(CC)CC)c1ccc(Br)cc1. The van der Waals surface area contributed by atoms with Gasteiger partial charge in [0.2, 0.25) is 0 Å². The summed E-state index contributed by atoms with van der Waals surface area (Å²) in [5, 5.41) is 0. The van der Waals surface area contributed by atoms with Crippen molar-refractivity contribution in [1.29, 1.82) is 0 Å². The van der Waals surface area contributed by atoms with E-state index in [0.29, 0.717) is 0 Å². The monoisotopic (exact) mass is 316 g/mol. The van der Waals surface area contributed by atoms with Crippen LogP contribution in [0, 0.1) is 0 Å². The van der Waals surface area contributed by atoms with E-state index in [1.165, 1.54) is 5.69 Å². The molecule has 0 aliphatic rings. The lowest BCUT2D eigenvalue weighted by Crippen LogP contribution is -2.25. The predicted octanol–water partition coefficient (Wildman–Crippen LogP) is 4.57. The van der Waals surface area contributed by atoms with Crippen LogP contribution in [-0.4, -0.2) is 23.9 Å². The Balaban J connectivity index is 2.73. The molecular formula is C13H21BrN2S. The van der Waals surface area contributed by atoms with E-state index in [9.17, 15) is 0 Å². The molecule has 0 heterocycles. The van der Waals surface area contributed by atoms with Crippen molar-refractivity contribution >= 4 is 33.8 Å². The van der Waals surface area contributed by atoms with Gasteiger partial charge < -0.3 is 4.31 Å². The van der Waals surface area contributed by atoms with Crippen LogP contribution in [0.4, 0.5) is 5.69 Å².